The number of amides is 1. The largest absolute Gasteiger partial charge is 0.480 e. The van der Waals surface area contributed by atoms with Gasteiger partial charge in [0.1, 0.15) is 6.04 Å². The summed E-state index contributed by atoms with van der Waals surface area (Å²) in [5.74, 6) is -0.979. The van der Waals surface area contributed by atoms with E-state index in [4.69, 9.17) is 10.8 Å². The van der Waals surface area contributed by atoms with Crippen molar-refractivity contribution >= 4 is 11.9 Å². The zero-order chi connectivity index (χ0) is 16.0. The summed E-state index contributed by atoms with van der Waals surface area (Å²) in [6.07, 6.45) is 0.782. The summed E-state index contributed by atoms with van der Waals surface area (Å²) in [7, 11) is 0. The first kappa shape index (κ1) is 17.2. The van der Waals surface area contributed by atoms with Gasteiger partial charge in [-0.25, -0.2) is 0 Å². The van der Waals surface area contributed by atoms with Crippen LogP contribution in [0.15, 0.2) is 24.3 Å². The second kappa shape index (κ2) is 7.22. The minimum atomic E-state index is -1.01. The molecule has 4 N–H and O–H groups in total. The number of carboxylic acids is 1. The van der Waals surface area contributed by atoms with Crippen LogP contribution in [0.4, 0.5) is 0 Å². The van der Waals surface area contributed by atoms with E-state index in [-0.39, 0.29) is 11.3 Å². The molecular formula is C16H24N2O3. The number of benzene rings is 1. The second-order valence-electron chi connectivity index (χ2n) is 6.48. The predicted octanol–water partition coefficient (Wildman–Crippen LogP) is 1.69. The van der Waals surface area contributed by atoms with Crippen molar-refractivity contribution in [2.24, 2.45) is 11.1 Å². The number of carbonyl (C=O) groups excluding carboxylic acids is 1. The first-order valence-corrected chi connectivity index (χ1v) is 7.00. The summed E-state index contributed by atoms with van der Waals surface area (Å²) in [4.78, 5) is 22.4. The van der Waals surface area contributed by atoms with Gasteiger partial charge in [0.05, 0.1) is 0 Å². The van der Waals surface area contributed by atoms with Crippen molar-refractivity contribution in [1.29, 1.82) is 0 Å². The number of hydrogen-bond acceptors (Lipinski definition) is 3. The van der Waals surface area contributed by atoms with Crippen molar-refractivity contribution in [1.82, 2.24) is 5.32 Å². The lowest BCUT2D eigenvalue weighted by atomic mass is 9.92. The Balaban J connectivity index is 2.48. The third-order valence-corrected chi connectivity index (χ3v) is 2.98. The van der Waals surface area contributed by atoms with Gasteiger partial charge in [0.25, 0.3) is 0 Å². The van der Waals surface area contributed by atoms with Crippen molar-refractivity contribution in [3.05, 3.63) is 35.4 Å². The average molecular weight is 292 g/mol. The SMILES string of the molecule is CC(C)(C)CC(=O)NCc1ccc(C[C@@H](N)C(=O)O)cc1. The molecule has 0 heterocycles. The molecule has 0 saturated heterocycles. The molecule has 1 amide bonds. The van der Waals surface area contributed by atoms with Crippen molar-refractivity contribution in [2.75, 3.05) is 0 Å². The van der Waals surface area contributed by atoms with Gasteiger partial charge in [-0.05, 0) is 23.0 Å². The Kier molecular flexibility index (Phi) is 5.90. The van der Waals surface area contributed by atoms with E-state index in [1.807, 2.05) is 45.0 Å². The van der Waals surface area contributed by atoms with E-state index in [1.54, 1.807) is 0 Å². The van der Waals surface area contributed by atoms with Gasteiger partial charge < -0.3 is 16.2 Å². The van der Waals surface area contributed by atoms with Crippen LogP contribution >= 0.6 is 0 Å². The number of nitrogens with one attached hydrogen (secondary N) is 1. The molecule has 0 aliphatic heterocycles. The van der Waals surface area contributed by atoms with Crippen molar-refractivity contribution in [3.8, 4) is 0 Å². The number of carboxylic acid groups (broad SMARTS) is 1. The van der Waals surface area contributed by atoms with Crippen LogP contribution < -0.4 is 11.1 Å². The summed E-state index contributed by atoms with van der Waals surface area (Å²) in [6, 6.07) is 6.55. The van der Waals surface area contributed by atoms with E-state index >= 15 is 0 Å². The zero-order valence-electron chi connectivity index (χ0n) is 12.8. The van der Waals surface area contributed by atoms with Crippen LogP contribution in [0.2, 0.25) is 0 Å². The third kappa shape index (κ3) is 6.90. The minimum absolute atomic E-state index is 0.0269. The molecule has 1 aromatic carbocycles. The van der Waals surface area contributed by atoms with E-state index in [9.17, 15) is 9.59 Å². The van der Waals surface area contributed by atoms with E-state index in [2.05, 4.69) is 5.32 Å². The van der Waals surface area contributed by atoms with Crippen LogP contribution in [-0.4, -0.2) is 23.0 Å². The van der Waals surface area contributed by atoms with Crippen molar-refractivity contribution in [3.63, 3.8) is 0 Å². The maximum Gasteiger partial charge on any atom is 0.320 e. The van der Waals surface area contributed by atoms with Crippen molar-refractivity contribution in [2.45, 2.75) is 46.2 Å². The molecule has 0 saturated carbocycles. The highest BCUT2D eigenvalue weighted by molar-refractivity contribution is 5.76. The summed E-state index contributed by atoms with van der Waals surface area (Å²) in [5.41, 5.74) is 7.31. The maximum absolute atomic E-state index is 11.7. The molecule has 0 fully saturated rings. The van der Waals surface area contributed by atoms with Crippen LogP contribution in [0.25, 0.3) is 0 Å². The van der Waals surface area contributed by atoms with E-state index < -0.39 is 12.0 Å². The first-order chi connectivity index (χ1) is 9.67. The van der Waals surface area contributed by atoms with Crippen LogP contribution in [0, 0.1) is 5.41 Å². The summed E-state index contributed by atoms with van der Waals surface area (Å²) in [5, 5.41) is 11.6. The Labute approximate surface area is 125 Å². The van der Waals surface area contributed by atoms with Gasteiger partial charge >= 0.3 is 5.97 Å². The Morgan fingerprint density at radius 2 is 1.71 bits per heavy atom. The number of nitrogens with two attached hydrogens (primary N) is 1. The number of rotatable bonds is 6. The molecule has 0 radical (unpaired) electrons. The monoisotopic (exact) mass is 292 g/mol. The molecule has 116 valence electrons. The molecule has 1 aromatic rings. The van der Waals surface area contributed by atoms with Gasteiger partial charge in [0, 0.05) is 13.0 Å². The molecule has 1 rings (SSSR count). The molecule has 5 nitrogen and oxygen atoms in total. The van der Waals surface area contributed by atoms with E-state index in [0.29, 0.717) is 19.4 Å². The van der Waals surface area contributed by atoms with Gasteiger partial charge in [-0.15, -0.1) is 0 Å². The standard InChI is InChI=1S/C16H24N2O3/c1-16(2,3)9-14(19)18-10-12-6-4-11(5-7-12)8-13(17)15(20)21/h4-7,13H,8-10,17H2,1-3H3,(H,18,19)(H,20,21)/t13-/m1/s1. The zero-order valence-corrected chi connectivity index (χ0v) is 12.8. The van der Waals surface area contributed by atoms with Gasteiger partial charge in [-0.1, -0.05) is 45.0 Å². The number of aliphatic carboxylic acids is 1. The van der Waals surface area contributed by atoms with Gasteiger partial charge in [0.15, 0.2) is 0 Å². The lowest BCUT2D eigenvalue weighted by Gasteiger charge is -2.17. The minimum Gasteiger partial charge on any atom is -0.480 e. The smallest absolute Gasteiger partial charge is 0.320 e. The van der Waals surface area contributed by atoms with Crippen LogP contribution in [0.1, 0.15) is 38.3 Å². The molecule has 0 spiro atoms. The van der Waals surface area contributed by atoms with Gasteiger partial charge in [-0.3, -0.25) is 9.59 Å². The highest BCUT2D eigenvalue weighted by atomic mass is 16.4. The van der Waals surface area contributed by atoms with E-state index in [0.717, 1.165) is 11.1 Å². The second-order valence-corrected chi connectivity index (χ2v) is 6.48. The molecule has 0 aromatic heterocycles. The van der Waals surface area contributed by atoms with Gasteiger partial charge in [-0.2, -0.15) is 0 Å². The maximum atomic E-state index is 11.7. The van der Waals surface area contributed by atoms with Crippen LogP contribution in [0.3, 0.4) is 0 Å². The molecule has 1 atom stereocenters. The molecule has 5 heteroatoms. The Morgan fingerprint density at radius 3 is 2.19 bits per heavy atom. The lowest BCUT2D eigenvalue weighted by Crippen LogP contribution is -2.32. The Bertz CT molecular complexity index is 489. The number of carbonyl (C=O) groups is 2. The first-order valence-electron chi connectivity index (χ1n) is 7.00. The molecule has 0 unspecified atom stereocenters. The molecule has 0 bridgehead atoms. The molecule has 21 heavy (non-hydrogen) atoms. The Morgan fingerprint density at radius 1 is 1.19 bits per heavy atom. The number of hydrogen-bond donors (Lipinski definition) is 3. The van der Waals surface area contributed by atoms with Gasteiger partial charge in [0.2, 0.25) is 5.91 Å². The quantitative estimate of drug-likeness (QED) is 0.744. The predicted molar refractivity (Wildman–Crippen MR) is 81.7 cm³/mol. The van der Waals surface area contributed by atoms with Crippen molar-refractivity contribution < 1.29 is 14.7 Å². The molecule has 0 aliphatic rings. The molecular weight excluding hydrogens is 268 g/mol. The summed E-state index contributed by atoms with van der Waals surface area (Å²) < 4.78 is 0. The topological polar surface area (TPSA) is 92.4 Å². The summed E-state index contributed by atoms with van der Waals surface area (Å²) >= 11 is 0. The van der Waals surface area contributed by atoms with Crippen LogP contribution in [-0.2, 0) is 22.6 Å². The fourth-order valence-electron chi connectivity index (χ4n) is 1.88. The molecule has 0 aliphatic carbocycles. The fraction of sp³-hybridized carbons (Fsp3) is 0.500. The van der Waals surface area contributed by atoms with Crippen LogP contribution in [0.5, 0.6) is 0 Å². The third-order valence-electron chi connectivity index (χ3n) is 2.98. The lowest BCUT2D eigenvalue weighted by molar-refractivity contribution is -0.138. The summed E-state index contributed by atoms with van der Waals surface area (Å²) in [6.45, 7) is 6.54. The Hall–Kier alpha value is -1.88. The van der Waals surface area contributed by atoms with E-state index in [1.165, 1.54) is 0 Å². The highest BCUT2D eigenvalue weighted by Crippen LogP contribution is 2.18. The highest BCUT2D eigenvalue weighted by Gasteiger charge is 2.15. The average Bonchev–Trinajstić information content (AvgIpc) is 2.35. The fourth-order valence-corrected chi connectivity index (χ4v) is 1.88. The normalized spacial score (nSPS) is 12.8.